The van der Waals surface area contributed by atoms with Gasteiger partial charge in [0, 0.05) is 17.5 Å². The second-order valence-electron chi connectivity index (χ2n) is 7.03. The molecular formula is C21H24ClNO3S2. The first-order chi connectivity index (χ1) is 13.3. The van der Waals surface area contributed by atoms with Crippen molar-refractivity contribution in [1.82, 2.24) is 0 Å². The molecule has 0 heterocycles. The van der Waals surface area contributed by atoms with Crippen LogP contribution in [0.5, 0.6) is 0 Å². The minimum Gasteiger partial charge on any atom is -0.393 e. The van der Waals surface area contributed by atoms with E-state index >= 15 is 0 Å². The fraction of sp³-hybridized carbons (Fsp3) is 0.381. The van der Waals surface area contributed by atoms with E-state index in [0.717, 1.165) is 12.0 Å². The highest BCUT2D eigenvalue weighted by Crippen LogP contribution is 2.64. The lowest BCUT2D eigenvalue weighted by Crippen LogP contribution is -2.33. The highest BCUT2D eigenvalue weighted by atomic mass is 35.5. The number of rotatable bonds is 8. The predicted octanol–water partition coefficient (Wildman–Crippen LogP) is 4.15. The van der Waals surface area contributed by atoms with E-state index in [4.69, 9.17) is 34.3 Å². The Bertz CT molecular complexity index is 958. The van der Waals surface area contributed by atoms with E-state index in [1.54, 1.807) is 12.1 Å². The molecule has 0 aliphatic heterocycles. The summed E-state index contributed by atoms with van der Waals surface area (Å²) in [7, 11) is -3.68. The Kier molecular flexibility index (Phi) is 6.15. The van der Waals surface area contributed by atoms with Crippen LogP contribution in [0.15, 0.2) is 53.4 Å². The molecule has 4 nitrogen and oxygen atoms in total. The number of nitrogens with two attached hydrogens (primary N) is 1. The number of thiocarbonyl (C=S) groups is 1. The monoisotopic (exact) mass is 437 g/mol. The van der Waals surface area contributed by atoms with Gasteiger partial charge in [-0.05, 0) is 48.7 Å². The van der Waals surface area contributed by atoms with Crippen molar-refractivity contribution < 1.29 is 13.2 Å². The summed E-state index contributed by atoms with van der Waals surface area (Å²) >= 11 is 11.3. The quantitative estimate of drug-likeness (QED) is 0.628. The van der Waals surface area contributed by atoms with Gasteiger partial charge in [-0.25, -0.2) is 8.42 Å². The van der Waals surface area contributed by atoms with Gasteiger partial charge in [-0.2, -0.15) is 0 Å². The Balaban J connectivity index is 2.08. The van der Waals surface area contributed by atoms with Crippen LogP contribution in [0.1, 0.15) is 30.9 Å². The van der Waals surface area contributed by atoms with Gasteiger partial charge in [-0.3, -0.25) is 0 Å². The number of aryl methyl sites for hydroxylation is 1. The van der Waals surface area contributed by atoms with Crippen LogP contribution in [0, 0.1) is 5.41 Å². The Morgan fingerprint density at radius 1 is 1.14 bits per heavy atom. The van der Waals surface area contributed by atoms with Crippen LogP contribution >= 0.6 is 23.8 Å². The molecule has 1 aliphatic carbocycles. The zero-order valence-electron chi connectivity index (χ0n) is 15.9. The lowest BCUT2D eigenvalue weighted by atomic mass is 9.98. The molecule has 0 radical (unpaired) electrons. The van der Waals surface area contributed by atoms with Gasteiger partial charge in [0.1, 0.15) is 0 Å². The van der Waals surface area contributed by atoms with Gasteiger partial charge in [0.15, 0.2) is 9.84 Å². The third kappa shape index (κ3) is 3.59. The Morgan fingerprint density at radius 3 is 2.25 bits per heavy atom. The summed E-state index contributed by atoms with van der Waals surface area (Å²) in [5.74, 6) is -0.344. The standard InChI is InChI=1S/C21H24ClNO3S2/c1-3-14-5-7-15(8-6-14)18-19(21(18,20(23)27)13-26-4-2)28(24,25)17-11-9-16(22)10-12-17/h5-12,18-19H,3-4,13H2,1-2H3,(H2,23,27)/t18-,19+,21-/m0/s1. The summed E-state index contributed by atoms with van der Waals surface area (Å²) in [6.45, 7) is 4.58. The Morgan fingerprint density at radius 2 is 1.75 bits per heavy atom. The summed E-state index contributed by atoms with van der Waals surface area (Å²) < 4.78 is 32.6. The van der Waals surface area contributed by atoms with E-state index < -0.39 is 20.5 Å². The molecule has 0 aromatic heterocycles. The molecule has 0 saturated heterocycles. The zero-order valence-corrected chi connectivity index (χ0v) is 18.3. The molecule has 28 heavy (non-hydrogen) atoms. The van der Waals surface area contributed by atoms with Crippen molar-refractivity contribution in [1.29, 1.82) is 0 Å². The maximum Gasteiger partial charge on any atom is 0.182 e. The number of benzene rings is 2. The Hall–Kier alpha value is -1.47. The third-order valence-electron chi connectivity index (χ3n) is 5.48. The Labute approximate surface area is 177 Å². The first kappa shape index (κ1) is 21.2. The van der Waals surface area contributed by atoms with Crippen molar-refractivity contribution in [2.24, 2.45) is 11.1 Å². The van der Waals surface area contributed by atoms with Crippen LogP contribution in [-0.2, 0) is 21.0 Å². The van der Waals surface area contributed by atoms with Crippen LogP contribution < -0.4 is 5.73 Å². The number of hydrogen-bond acceptors (Lipinski definition) is 4. The van der Waals surface area contributed by atoms with E-state index in [1.165, 1.54) is 17.7 Å². The molecular weight excluding hydrogens is 414 g/mol. The van der Waals surface area contributed by atoms with Gasteiger partial charge < -0.3 is 10.5 Å². The van der Waals surface area contributed by atoms with E-state index in [-0.39, 0.29) is 22.4 Å². The maximum atomic E-state index is 13.5. The highest BCUT2D eigenvalue weighted by molar-refractivity contribution is 7.92. The summed E-state index contributed by atoms with van der Waals surface area (Å²) in [6.07, 6.45) is 0.914. The number of sulfone groups is 1. The fourth-order valence-electron chi connectivity index (χ4n) is 3.87. The topological polar surface area (TPSA) is 69.4 Å². The van der Waals surface area contributed by atoms with Gasteiger partial charge in [0.05, 0.1) is 27.2 Å². The zero-order chi connectivity index (χ0) is 20.5. The molecule has 2 aromatic rings. The number of halogens is 1. The van der Waals surface area contributed by atoms with Crippen LogP contribution in [-0.4, -0.2) is 31.9 Å². The SMILES string of the molecule is CCOC[C@@]1(C(N)=S)[C@H](S(=O)(=O)c2ccc(Cl)cc2)[C@@H]1c1ccc(CC)cc1. The largest absolute Gasteiger partial charge is 0.393 e. The fourth-order valence-corrected chi connectivity index (χ4v) is 6.77. The maximum absolute atomic E-state index is 13.5. The van der Waals surface area contributed by atoms with Crippen LogP contribution in [0.25, 0.3) is 0 Å². The molecule has 0 bridgehead atoms. The first-order valence-electron chi connectivity index (χ1n) is 9.25. The van der Waals surface area contributed by atoms with Gasteiger partial charge in [0.2, 0.25) is 0 Å². The molecule has 2 aromatic carbocycles. The van der Waals surface area contributed by atoms with Crippen LogP contribution in [0.3, 0.4) is 0 Å². The lowest BCUT2D eigenvalue weighted by Gasteiger charge is -2.17. The second-order valence-corrected chi connectivity index (χ2v) is 9.98. The summed E-state index contributed by atoms with van der Waals surface area (Å²) in [4.78, 5) is 0.389. The second kappa shape index (κ2) is 8.11. The minimum absolute atomic E-state index is 0.174. The molecule has 1 fully saturated rings. The smallest absolute Gasteiger partial charge is 0.182 e. The molecule has 3 rings (SSSR count). The average molecular weight is 438 g/mol. The number of ether oxygens (including phenoxy) is 1. The van der Waals surface area contributed by atoms with E-state index in [1.807, 2.05) is 31.2 Å². The third-order valence-corrected chi connectivity index (χ3v) is 8.41. The first-order valence-corrected chi connectivity index (χ1v) is 11.6. The average Bonchev–Trinajstić information content (AvgIpc) is 3.38. The van der Waals surface area contributed by atoms with Gasteiger partial charge >= 0.3 is 0 Å². The number of hydrogen-bond donors (Lipinski definition) is 1. The summed E-state index contributed by atoms with van der Waals surface area (Å²) in [6, 6.07) is 14.2. The van der Waals surface area contributed by atoms with Crippen molar-refractivity contribution in [2.45, 2.75) is 36.3 Å². The van der Waals surface area contributed by atoms with Crippen LogP contribution in [0.4, 0.5) is 0 Å². The van der Waals surface area contributed by atoms with Crippen molar-refractivity contribution in [3.05, 3.63) is 64.7 Å². The molecule has 2 N–H and O–H groups in total. The summed E-state index contributed by atoms with van der Waals surface area (Å²) in [5, 5.41) is -0.283. The van der Waals surface area contributed by atoms with Crippen molar-refractivity contribution in [3.63, 3.8) is 0 Å². The molecule has 150 valence electrons. The van der Waals surface area contributed by atoms with Crippen LogP contribution in [0.2, 0.25) is 5.02 Å². The molecule has 1 aliphatic rings. The molecule has 1 saturated carbocycles. The summed E-state index contributed by atoms with van der Waals surface area (Å²) in [5.41, 5.74) is 7.29. The van der Waals surface area contributed by atoms with E-state index in [0.29, 0.717) is 11.6 Å². The van der Waals surface area contributed by atoms with E-state index in [9.17, 15) is 8.42 Å². The molecule has 3 atom stereocenters. The highest BCUT2D eigenvalue weighted by Gasteiger charge is 2.73. The van der Waals surface area contributed by atoms with Crippen molar-refractivity contribution in [2.75, 3.05) is 13.2 Å². The van der Waals surface area contributed by atoms with Gasteiger partial charge in [-0.1, -0.05) is 55.0 Å². The normalized spacial score (nSPS) is 24.1. The van der Waals surface area contributed by atoms with Gasteiger partial charge in [0.25, 0.3) is 0 Å². The molecule has 0 amide bonds. The van der Waals surface area contributed by atoms with E-state index in [2.05, 4.69) is 6.92 Å². The van der Waals surface area contributed by atoms with Crippen molar-refractivity contribution >= 4 is 38.6 Å². The predicted molar refractivity (Wildman–Crippen MR) is 117 cm³/mol. The minimum atomic E-state index is -3.68. The molecule has 0 unspecified atom stereocenters. The molecule has 7 heteroatoms. The molecule has 0 spiro atoms. The van der Waals surface area contributed by atoms with Crippen molar-refractivity contribution in [3.8, 4) is 0 Å². The lowest BCUT2D eigenvalue weighted by molar-refractivity contribution is 0.121. The van der Waals surface area contributed by atoms with Gasteiger partial charge in [-0.15, -0.1) is 0 Å².